The van der Waals surface area contributed by atoms with Crippen molar-refractivity contribution in [3.8, 4) is 0 Å². The van der Waals surface area contributed by atoms with Crippen LogP contribution < -0.4 is 0 Å². The molecule has 0 aromatic rings. The zero-order valence-electron chi connectivity index (χ0n) is 10.8. The molecule has 0 spiro atoms. The first-order valence-electron chi connectivity index (χ1n) is 6.04. The first-order valence-corrected chi connectivity index (χ1v) is 6.04. The number of hydrogen-bond donors (Lipinski definition) is 0. The van der Waals surface area contributed by atoms with Gasteiger partial charge < -0.3 is 9.64 Å². The molecule has 0 fully saturated rings. The molecule has 0 heterocycles. The maximum atomic E-state index is 11.8. The normalized spacial score (nSPS) is 12.0. The molecule has 0 saturated carbocycles. The first-order chi connectivity index (χ1) is 7.60. The third kappa shape index (κ3) is 4.64. The molecule has 1 atom stereocenters. The Morgan fingerprint density at radius 2 is 1.69 bits per heavy atom. The molecule has 16 heavy (non-hydrogen) atoms. The van der Waals surface area contributed by atoms with Gasteiger partial charge in [0.25, 0.3) is 0 Å². The number of rotatable bonds is 7. The maximum absolute atomic E-state index is 11.8. The predicted octanol–water partition coefficient (Wildman–Crippen LogP) is 1.83. The van der Waals surface area contributed by atoms with Crippen LogP contribution >= 0.6 is 0 Å². The molecule has 0 rings (SSSR count). The topological polar surface area (TPSA) is 46.6 Å². The molecule has 0 saturated heterocycles. The predicted molar refractivity (Wildman–Crippen MR) is 63.0 cm³/mol. The van der Waals surface area contributed by atoms with Crippen molar-refractivity contribution in [2.45, 2.75) is 40.5 Å². The van der Waals surface area contributed by atoms with E-state index in [1.54, 1.807) is 11.8 Å². The van der Waals surface area contributed by atoms with Gasteiger partial charge in [-0.1, -0.05) is 6.92 Å². The minimum atomic E-state index is -0.298. The van der Waals surface area contributed by atoms with E-state index >= 15 is 0 Å². The summed E-state index contributed by atoms with van der Waals surface area (Å²) in [5, 5.41) is 0. The molecule has 0 aromatic carbocycles. The SMILES string of the molecule is CCOC(=O)C(CC)CC(=O)N(CC)CC. The van der Waals surface area contributed by atoms with Gasteiger partial charge in [-0.3, -0.25) is 9.59 Å². The van der Waals surface area contributed by atoms with E-state index in [0.717, 1.165) is 0 Å². The van der Waals surface area contributed by atoms with Crippen molar-refractivity contribution in [2.24, 2.45) is 5.92 Å². The standard InChI is InChI=1S/C12H23NO3/c1-5-10(12(15)16-8-4)9-11(14)13(6-2)7-3/h10H,5-9H2,1-4H3. The fourth-order valence-corrected chi connectivity index (χ4v) is 1.57. The third-order valence-corrected chi connectivity index (χ3v) is 2.65. The minimum absolute atomic E-state index is 0.0323. The summed E-state index contributed by atoms with van der Waals surface area (Å²) in [6, 6.07) is 0. The van der Waals surface area contributed by atoms with Gasteiger partial charge >= 0.3 is 5.97 Å². The van der Waals surface area contributed by atoms with Crippen LogP contribution in [0.1, 0.15) is 40.5 Å². The van der Waals surface area contributed by atoms with E-state index in [1.807, 2.05) is 20.8 Å². The Bertz CT molecular complexity index is 224. The van der Waals surface area contributed by atoms with E-state index in [4.69, 9.17) is 4.74 Å². The van der Waals surface area contributed by atoms with Crippen molar-refractivity contribution in [2.75, 3.05) is 19.7 Å². The Balaban J connectivity index is 4.31. The molecular weight excluding hydrogens is 206 g/mol. The molecule has 1 amide bonds. The number of carbonyl (C=O) groups excluding carboxylic acids is 2. The van der Waals surface area contributed by atoms with Crippen molar-refractivity contribution in [3.63, 3.8) is 0 Å². The fourth-order valence-electron chi connectivity index (χ4n) is 1.57. The summed E-state index contributed by atoms with van der Waals surface area (Å²) in [5.41, 5.74) is 0. The highest BCUT2D eigenvalue weighted by molar-refractivity contribution is 5.83. The smallest absolute Gasteiger partial charge is 0.309 e. The van der Waals surface area contributed by atoms with Crippen LogP contribution in [-0.4, -0.2) is 36.5 Å². The van der Waals surface area contributed by atoms with E-state index in [1.165, 1.54) is 0 Å². The van der Waals surface area contributed by atoms with Crippen LogP contribution in [0.2, 0.25) is 0 Å². The van der Waals surface area contributed by atoms with E-state index < -0.39 is 0 Å². The molecule has 94 valence electrons. The first kappa shape index (κ1) is 14.9. The average Bonchev–Trinajstić information content (AvgIpc) is 2.27. The van der Waals surface area contributed by atoms with Gasteiger partial charge in [-0.05, 0) is 27.2 Å². The second-order valence-electron chi connectivity index (χ2n) is 3.63. The summed E-state index contributed by atoms with van der Waals surface area (Å²) in [6.07, 6.45) is 0.906. The fraction of sp³-hybridized carbons (Fsp3) is 0.833. The van der Waals surface area contributed by atoms with Crippen molar-refractivity contribution in [3.05, 3.63) is 0 Å². The summed E-state index contributed by atoms with van der Waals surface area (Å²) >= 11 is 0. The molecule has 1 unspecified atom stereocenters. The summed E-state index contributed by atoms with van der Waals surface area (Å²) in [5.74, 6) is -0.525. The molecule has 0 aromatic heterocycles. The molecular formula is C12H23NO3. The summed E-state index contributed by atoms with van der Waals surface area (Å²) in [7, 11) is 0. The average molecular weight is 229 g/mol. The van der Waals surface area contributed by atoms with E-state index in [-0.39, 0.29) is 24.2 Å². The van der Waals surface area contributed by atoms with Gasteiger partial charge in [-0.25, -0.2) is 0 Å². The zero-order valence-corrected chi connectivity index (χ0v) is 10.8. The number of carbonyl (C=O) groups is 2. The lowest BCUT2D eigenvalue weighted by atomic mass is 10.0. The highest BCUT2D eigenvalue weighted by atomic mass is 16.5. The third-order valence-electron chi connectivity index (χ3n) is 2.65. The monoisotopic (exact) mass is 229 g/mol. The van der Waals surface area contributed by atoms with Crippen LogP contribution in [0.5, 0.6) is 0 Å². The Hall–Kier alpha value is -1.06. The van der Waals surface area contributed by atoms with Crippen molar-refractivity contribution < 1.29 is 14.3 Å². The number of nitrogens with zero attached hydrogens (tertiary/aromatic N) is 1. The lowest BCUT2D eigenvalue weighted by Gasteiger charge is -2.21. The molecule has 0 aliphatic rings. The lowest BCUT2D eigenvalue weighted by Crippen LogP contribution is -2.33. The molecule has 4 nitrogen and oxygen atoms in total. The van der Waals surface area contributed by atoms with Gasteiger partial charge in [-0.2, -0.15) is 0 Å². The molecule has 0 N–H and O–H groups in total. The number of amides is 1. The van der Waals surface area contributed by atoms with Crippen LogP contribution in [0.15, 0.2) is 0 Å². The van der Waals surface area contributed by atoms with Crippen LogP contribution in [-0.2, 0) is 14.3 Å². The largest absolute Gasteiger partial charge is 0.466 e. The van der Waals surface area contributed by atoms with Crippen LogP contribution in [0, 0.1) is 5.92 Å². The van der Waals surface area contributed by atoms with E-state index in [9.17, 15) is 9.59 Å². The highest BCUT2D eigenvalue weighted by Crippen LogP contribution is 2.12. The molecule has 0 bridgehead atoms. The Morgan fingerprint density at radius 1 is 1.12 bits per heavy atom. The van der Waals surface area contributed by atoms with Gasteiger partial charge in [0, 0.05) is 19.5 Å². The van der Waals surface area contributed by atoms with Crippen molar-refractivity contribution in [1.82, 2.24) is 4.90 Å². The quantitative estimate of drug-likeness (QED) is 0.626. The van der Waals surface area contributed by atoms with Crippen LogP contribution in [0.4, 0.5) is 0 Å². The van der Waals surface area contributed by atoms with Crippen LogP contribution in [0.3, 0.4) is 0 Å². The summed E-state index contributed by atoms with van der Waals surface area (Å²) in [4.78, 5) is 25.1. The minimum Gasteiger partial charge on any atom is -0.466 e. The molecule has 0 radical (unpaired) electrons. The number of esters is 1. The molecule has 4 heteroatoms. The van der Waals surface area contributed by atoms with Crippen LogP contribution in [0.25, 0.3) is 0 Å². The van der Waals surface area contributed by atoms with Gasteiger partial charge in [0.2, 0.25) is 5.91 Å². The van der Waals surface area contributed by atoms with Gasteiger partial charge in [-0.15, -0.1) is 0 Å². The van der Waals surface area contributed by atoms with E-state index in [0.29, 0.717) is 26.1 Å². The Morgan fingerprint density at radius 3 is 2.06 bits per heavy atom. The zero-order chi connectivity index (χ0) is 12.6. The van der Waals surface area contributed by atoms with Crippen molar-refractivity contribution in [1.29, 1.82) is 0 Å². The highest BCUT2D eigenvalue weighted by Gasteiger charge is 2.23. The Kier molecular flexibility index (Phi) is 7.60. The molecule has 0 aliphatic carbocycles. The van der Waals surface area contributed by atoms with Gasteiger partial charge in [0.05, 0.1) is 12.5 Å². The van der Waals surface area contributed by atoms with E-state index in [2.05, 4.69) is 0 Å². The number of ether oxygens (including phenoxy) is 1. The van der Waals surface area contributed by atoms with Crippen molar-refractivity contribution >= 4 is 11.9 Å². The second-order valence-corrected chi connectivity index (χ2v) is 3.63. The number of hydrogen-bond acceptors (Lipinski definition) is 3. The summed E-state index contributed by atoms with van der Waals surface area (Å²) < 4.78 is 4.93. The summed E-state index contributed by atoms with van der Waals surface area (Å²) in [6.45, 7) is 9.30. The lowest BCUT2D eigenvalue weighted by molar-refractivity contribution is -0.151. The Labute approximate surface area is 98.0 Å². The molecule has 0 aliphatic heterocycles. The second kappa shape index (κ2) is 8.13. The van der Waals surface area contributed by atoms with Gasteiger partial charge in [0.1, 0.15) is 0 Å². The van der Waals surface area contributed by atoms with Gasteiger partial charge in [0.15, 0.2) is 0 Å². The maximum Gasteiger partial charge on any atom is 0.309 e.